The van der Waals surface area contributed by atoms with Crippen LogP contribution in [-0.4, -0.2) is 173 Å². The van der Waals surface area contributed by atoms with E-state index in [1.54, 1.807) is 6.07 Å². The average molecular weight is 682 g/mol. The van der Waals surface area contributed by atoms with Gasteiger partial charge in [-0.25, -0.2) is 0 Å². The molecule has 17 N–H and O–H groups in total. The molecule has 3 fully saturated rings. The molecule has 47 heavy (non-hydrogen) atoms. The predicted molar refractivity (Wildman–Crippen MR) is 154 cm³/mol. The van der Waals surface area contributed by atoms with Crippen molar-refractivity contribution < 1.29 is 79.9 Å². The molecule has 0 radical (unpaired) electrons. The number of rotatable bonds is 11. The van der Waals surface area contributed by atoms with Crippen LogP contribution < -0.4 is 17.2 Å². The number of aliphatic hydroxyl groups excluding tert-OH is 8. The lowest BCUT2D eigenvalue weighted by molar-refractivity contribution is -0.439. The highest BCUT2D eigenvalue weighted by Gasteiger charge is 2.70. The van der Waals surface area contributed by atoms with Crippen LogP contribution in [0, 0.1) is 0 Å². The van der Waals surface area contributed by atoms with Gasteiger partial charge in [0.2, 0.25) is 5.79 Å². The van der Waals surface area contributed by atoms with Crippen LogP contribution in [0.4, 0.5) is 0 Å². The standard InChI is InChI=1S/C28H47N3O16/c1-2-26(40,11-6-4-3-5-7-11)28(41,42)27(10-34)22(38)19(37)16(31)25(47-27)46-21-13(9-33)44-24(15(30)18(21)36)45-20-12(8-32)43-23(39)14(29)17(20)35/h3-7,12-25,32-42H,2,8-10,29-31H2,1H3/t12-,13-,14-,15-,16-,17-,18-,19-,20?,21?,22+,23-,24+,25+,26?,27-/m1/s1. The SMILES string of the molecule is CCC(O)(c1ccccc1)C(O)(O)[C@]1(CO)O[C@H](OC2[C@@H](CO)O[C@@H](OC3[C@@H](CO)O[C@@H](O)[C@H](N)[C@H]3O)[C@H](N)[C@H]2O)[C@H](N)[C@@H](O)[C@@H]1O. The minimum Gasteiger partial charge on any atom is -0.394 e. The summed E-state index contributed by atoms with van der Waals surface area (Å²) in [5, 5.41) is 119. The van der Waals surface area contributed by atoms with Crippen LogP contribution in [0.15, 0.2) is 30.3 Å². The van der Waals surface area contributed by atoms with Gasteiger partial charge in [-0.1, -0.05) is 37.3 Å². The van der Waals surface area contributed by atoms with Crippen molar-refractivity contribution in [1.29, 1.82) is 0 Å². The first-order chi connectivity index (χ1) is 22.1. The molecule has 3 aliphatic heterocycles. The summed E-state index contributed by atoms with van der Waals surface area (Å²) in [6.45, 7) is -1.61. The fraction of sp³-hybridized carbons (Fsp3) is 0.786. The number of nitrogens with two attached hydrogens (primary N) is 3. The molecule has 3 aliphatic rings. The van der Waals surface area contributed by atoms with Gasteiger partial charge in [-0.05, 0) is 12.0 Å². The quantitative estimate of drug-likeness (QED) is 0.0964. The molecule has 0 spiro atoms. The molecule has 1 aromatic carbocycles. The Kier molecular flexibility index (Phi) is 12.0. The molecule has 4 rings (SSSR count). The summed E-state index contributed by atoms with van der Waals surface area (Å²) in [6.07, 6.45) is -19.3. The van der Waals surface area contributed by atoms with E-state index in [-0.39, 0.29) is 5.56 Å². The lowest BCUT2D eigenvalue weighted by atomic mass is 9.69. The van der Waals surface area contributed by atoms with Gasteiger partial charge in [-0.2, -0.15) is 0 Å². The predicted octanol–water partition coefficient (Wildman–Crippen LogP) is -7.32. The normalized spacial score (nSPS) is 44.6. The van der Waals surface area contributed by atoms with Crippen molar-refractivity contribution in [2.75, 3.05) is 19.8 Å². The van der Waals surface area contributed by atoms with E-state index in [2.05, 4.69) is 0 Å². The molecule has 270 valence electrons. The van der Waals surface area contributed by atoms with Crippen LogP contribution in [0.5, 0.6) is 0 Å². The molecule has 1 aromatic rings. The third kappa shape index (κ3) is 6.45. The molecule has 0 saturated carbocycles. The van der Waals surface area contributed by atoms with Crippen molar-refractivity contribution in [2.45, 2.75) is 116 Å². The molecule has 0 aromatic heterocycles. The van der Waals surface area contributed by atoms with Gasteiger partial charge in [0.05, 0.1) is 37.9 Å². The third-order valence-corrected chi connectivity index (χ3v) is 9.40. The van der Waals surface area contributed by atoms with Crippen molar-refractivity contribution in [2.24, 2.45) is 17.2 Å². The summed E-state index contributed by atoms with van der Waals surface area (Å²) in [4.78, 5) is 0. The first-order valence-corrected chi connectivity index (χ1v) is 15.1. The van der Waals surface area contributed by atoms with Crippen LogP contribution >= 0.6 is 0 Å². The first kappa shape index (κ1) is 38.3. The van der Waals surface area contributed by atoms with Crippen LogP contribution in [0.2, 0.25) is 0 Å². The fourth-order valence-corrected chi connectivity index (χ4v) is 6.32. The largest absolute Gasteiger partial charge is 0.394 e. The van der Waals surface area contributed by atoms with E-state index < -0.39 is 129 Å². The van der Waals surface area contributed by atoms with Gasteiger partial charge < -0.3 is 97.1 Å². The highest BCUT2D eigenvalue weighted by Crippen LogP contribution is 2.47. The Morgan fingerprint density at radius 1 is 0.745 bits per heavy atom. The van der Waals surface area contributed by atoms with Crippen molar-refractivity contribution in [3.8, 4) is 0 Å². The monoisotopic (exact) mass is 681 g/mol. The molecular weight excluding hydrogens is 634 g/mol. The summed E-state index contributed by atoms with van der Waals surface area (Å²) in [5.74, 6) is -3.54. The zero-order chi connectivity index (χ0) is 35.1. The smallest absolute Gasteiger partial charge is 0.232 e. The molecular formula is C28H47N3O16. The maximum absolute atomic E-state index is 11.6. The van der Waals surface area contributed by atoms with E-state index >= 15 is 0 Å². The fourth-order valence-electron chi connectivity index (χ4n) is 6.32. The highest BCUT2D eigenvalue weighted by molar-refractivity contribution is 5.28. The summed E-state index contributed by atoms with van der Waals surface area (Å²) in [6, 6.07) is 2.75. The topological polar surface area (TPSA) is 347 Å². The summed E-state index contributed by atoms with van der Waals surface area (Å²) >= 11 is 0. The van der Waals surface area contributed by atoms with E-state index in [1.807, 2.05) is 0 Å². The zero-order valence-corrected chi connectivity index (χ0v) is 25.5. The van der Waals surface area contributed by atoms with Gasteiger partial charge in [0.1, 0.15) is 54.4 Å². The molecule has 3 saturated heterocycles. The van der Waals surface area contributed by atoms with Gasteiger partial charge in [0.15, 0.2) is 24.5 Å². The number of hydrogen-bond donors (Lipinski definition) is 14. The Balaban J connectivity index is 1.61. The van der Waals surface area contributed by atoms with Gasteiger partial charge in [-0.3, -0.25) is 0 Å². The number of hydrogen-bond acceptors (Lipinski definition) is 19. The number of benzene rings is 1. The molecule has 0 amide bonds. The Morgan fingerprint density at radius 2 is 1.26 bits per heavy atom. The molecule has 0 aliphatic carbocycles. The maximum atomic E-state index is 11.6. The molecule has 0 bridgehead atoms. The van der Waals surface area contributed by atoms with Crippen molar-refractivity contribution in [1.82, 2.24) is 0 Å². The summed E-state index contributed by atoms with van der Waals surface area (Å²) < 4.78 is 28.1. The zero-order valence-electron chi connectivity index (χ0n) is 25.5. The number of aliphatic hydroxyl groups is 11. The summed E-state index contributed by atoms with van der Waals surface area (Å²) in [5.41, 5.74) is 12.4. The van der Waals surface area contributed by atoms with Crippen LogP contribution in [-0.2, 0) is 29.3 Å². The lowest BCUT2D eigenvalue weighted by Gasteiger charge is -2.57. The van der Waals surface area contributed by atoms with E-state index in [0.717, 1.165) is 0 Å². The highest BCUT2D eigenvalue weighted by atomic mass is 16.8. The molecule has 3 heterocycles. The second kappa shape index (κ2) is 14.7. The molecule has 16 atom stereocenters. The van der Waals surface area contributed by atoms with E-state index in [4.69, 9.17) is 40.9 Å². The maximum Gasteiger partial charge on any atom is 0.232 e. The molecule has 3 unspecified atom stereocenters. The molecule has 19 nitrogen and oxygen atoms in total. The molecule has 19 heteroatoms. The van der Waals surface area contributed by atoms with Gasteiger partial charge in [0.25, 0.3) is 0 Å². The first-order valence-electron chi connectivity index (χ1n) is 15.1. The minimum atomic E-state index is -3.54. The number of ether oxygens (including phenoxy) is 5. The van der Waals surface area contributed by atoms with E-state index in [9.17, 15) is 56.2 Å². The van der Waals surface area contributed by atoms with Gasteiger partial charge >= 0.3 is 0 Å². The summed E-state index contributed by atoms with van der Waals surface area (Å²) in [7, 11) is 0. The van der Waals surface area contributed by atoms with Crippen molar-refractivity contribution in [3.05, 3.63) is 35.9 Å². The van der Waals surface area contributed by atoms with Crippen LogP contribution in [0.1, 0.15) is 18.9 Å². The Bertz CT molecular complexity index is 1150. The second-order valence-corrected chi connectivity index (χ2v) is 12.1. The Labute approximate surface area is 269 Å². The van der Waals surface area contributed by atoms with Crippen LogP contribution in [0.25, 0.3) is 0 Å². The Morgan fingerprint density at radius 3 is 1.79 bits per heavy atom. The second-order valence-electron chi connectivity index (χ2n) is 12.1. The van der Waals surface area contributed by atoms with Gasteiger partial charge in [0, 0.05) is 0 Å². The Hall–Kier alpha value is -1.54. The van der Waals surface area contributed by atoms with Gasteiger partial charge in [-0.15, -0.1) is 0 Å². The third-order valence-electron chi connectivity index (χ3n) is 9.40. The van der Waals surface area contributed by atoms with Crippen LogP contribution in [0.3, 0.4) is 0 Å². The minimum absolute atomic E-state index is 0.0428. The van der Waals surface area contributed by atoms with E-state index in [0.29, 0.717) is 0 Å². The average Bonchev–Trinajstić information content (AvgIpc) is 3.07. The van der Waals surface area contributed by atoms with Crippen molar-refractivity contribution in [3.63, 3.8) is 0 Å². The van der Waals surface area contributed by atoms with E-state index in [1.165, 1.54) is 31.2 Å². The lowest BCUT2D eigenvalue weighted by Crippen LogP contribution is -2.80. The van der Waals surface area contributed by atoms with Crippen molar-refractivity contribution >= 4 is 0 Å².